The van der Waals surface area contributed by atoms with Gasteiger partial charge in [-0.3, -0.25) is 0 Å². The lowest BCUT2D eigenvalue weighted by molar-refractivity contribution is -0.140. The third kappa shape index (κ3) is 4.44. The van der Waals surface area contributed by atoms with Gasteiger partial charge >= 0.3 is 6.18 Å². The summed E-state index contributed by atoms with van der Waals surface area (Å²) in [4.78, 5) is 0. The fraction of sp³-hybridized carbons (Fsp3) is 0.400. The molecule has 0 aromatic heterocycles. The Labute approximate surface area is 109 Å². The molecule has 0 radical (unpaired) electrons. The van der Waals surface area contributed by atoms with E-state index in [1.54, 1.807) is 0 Å². The monoisotopic (exact) mass is 334 g/mol. The van der Waals surface area contributed by atoms with Crippen molar-refractivity contribution in [2.24, 2.45) is 0 Å². The van der Waals surface area contributed by atoms with Gasteiger partial charge in [-0.05, 0) is 34.5 Å². The largest absolute Gasteiger partial charge is 0.389 e. The molecule has 96 valence electrons. The summed E-state index contributed by atoms with van der Waals surface area (Å²) in [5.41, 5.74) is -0.234. The first-order chi connectivity index (χ1) is 7.70. The van der Waals surface area contributed by atoms with Gasteiger partial charge in [-0.2, -0.15) is 13.2 Å². The third-order valence-corrected chi connectivity index (χ3v) is 3.30. The van der Waals surface area contributed by atoms with Crippen LogP contribution in [0.4, 0.5) is 17.6 Å². The molecule has 7 heteroatoms. The van der Waals surface area contributed by atoms with Crippen LogP contribution in [0.2, 0.25) is 5.02 Å². The van der Waals surface area contributed by atoms with Crippen molar-refractivity contribution in [3.8, 4) is 0 Å². The molecule has 17 heavy (non-hydrogen) atoms. The van der Waals surface area contributed by atoms with Crippen LogP contribution >= 0.6 is 27.5 Å². The van der Waals surface area contributed by atoms with Gasteiger partial charge in [-0.1, -0.05) is 11.6 Å². The van der Waals surface area contributed by atoms with Crippen LogP contribution in [0, 0.1) is 5.82 Å². The molecule has 0 saturated heterocycles. The first-order valence-corrected chi connectivity index (χ1v) is 5.77. The van der Waals surface area contributed by atoms with Gasteiger partial charge in [0.2, 0.25) is 0 Å². The normalized spacial score (nSPS) is 13.8. The van der Waals surface area contributed by atoms with Gasteiger partial charge in [0.05, 0.1) is 11.1 Å². The van der Waals surface area contributed by atoms with E-state index in [1.807, 2.05) is 0 Å². The van der Waals surface area contributed by atoms with E-state index in [-0.39, 0.29) is 15.1 Å². The molecule has 1 aromatic rings. The van der Waals surface area contributed by atoms with Crippen LogP contribution in [0.5, 0.6) is 0 Å². The molecule has 1 N–H and O–H groups in total. The molecule has 0 heterocycles. The smallest absolute Gasteiger partial charge is 0.388 e. The lowest BCUT2D eigenvalue weighted by Crippen LogP contribution is -2.10. The molecule has 0 saturated carbocycles. The van der Waals surface area contributed by atoms with Crippen LogP contribution in [-0.4, -0.2) is 11.3 Å². The summed E-state index contributed by atoms with van der Waals surface area (Å²) in [6, 6.07) is 2.12. The minimum absolute atomic E-state index is 0.132. The van der Waals surface area contributed by atoms with Gasteiger partial charge in [-0.25, -0.2) is 4.39 Å². The molecule has 0 aliphatic rings. The highest BCUT2D eigenvalue weighted by Crippen LogP contribution is 2.32. The lowest BCUT2D eigenvalue weighted by Gasteiger charge is -2.14. The summed E-state index contributed by atoms with van der Waals surface area (Å²) >= 11 is 8.64. The molecule has 1 unspecified atom stereocenters. The predicted molar refractivity (Wildman–Crippen MR) is 59.4 cm³/mol. The maximum Gasteiger partial charge on any atom is 0.389 e. The maximum atomic E-state index is 13.4. The first kappa shape index (κ1) is 14.7. The second kappa shape index (κ2) is 5.54. The lowest BCUT2D eigenvalue weighted by atomic mass is 10.0. The summed E-state index contributed by atoms with van der Waals surface area (Å²) in [6.45, 7) is 0. The third-order valence-electron chi connectivity index (χ3n) is 2.10. The highest BCUT2D eigenvalue weighted by atomic mass is 79.9. The van der Waals surface area contributed by atoms with Gasteiger partial charge in [0.1, 0.15) is 5.82 Å². The molecule has 1 rings (SSSR count). The number of halogens is 6. The van der Waals surface area contributed by atoms with E-state index in [1.165, 1.54) is 0 Å². The highest BCUT2D eigenvalue weighted by molar-refractivity contribution is 9.10. The van der Waals surface area contributed by atoms with Crippen molar-refractivity contribution in [1.82, 2.24) is 0 Å². The number of hydrogen-bond donors (Lipinski definition) is 1. The summed E-state index contributed by atoms with van der Waals surface area (Å²) in [6.07, 6.45) is -7.68. The molecule has 0 amide bonds. The second-order valence-corrected chi connectivity index (χ2v) is 4.72. The van der Waals surface area contributed by atoms with Crippen molar-refractivity contribution in [1.29, 1.82) is 0 Å². The SMILES string of the molecule is OC(CCC(F)(F)F)c1cc(Cl)c(Br)cc1F. The van der Waals surface area contributed by atoms with Crippen molar-refractivity contribution in [2.75, 3.05) is 0 Å². The molecule has 0 spiro atoms. The standard InChI is InChI=1S/C10H8BrClF4O/c11-6-4-8(13)5(3-7(6)12)9(17)1-2-10(14,15)16/h3-4,9,17H,1-2H2. The van der Waals surface area contributed by atoms with Crippen molar-refractivity contribution >= 4 is 27.5 Å². The van der Waals surface area contributed by atoms with Crippen molar-refractivity contribution < 1.29 is 22.7 Å². The van der Waals surface area contributed by atoms with Crippen LogP contribution in [-0.2, 0) is 0 Å². The average Bonchev–Trinajstić information content (AvgIpc) is 2.19. The molecule has 0 bridgehead atoms. The molecule has 0 fully saturated rings. The Morgan fingerprint density at radius 2 is 1.94 bits per heavy atom. The summed E-state index contributed by atoms with van der Waals surface area (Å²) in [5, 5.41) is 9.60. The Kier molecular flexibility index (Phi) is 4.80. The van der Waals surface area contributed by atoms with Crippen molar-refractivity contribution in [2.45, 2.75) is 25.1 Å². The number of aliphatic hydroxyl groups excluding tert-OH is 1. The summed E-state index contributed by atoms with van der Waals surface area (Å²) in [5.74, 6) is -0.795. The minimum Gasteiger partial charge on any atom is -0.388 e. The Morgan fingerprint density at radius 1 is 1.35 bits per heavy atom. The van der Waals surface area contributed by atoms with Gasteiger partial charge in [0.15, 0.2) is 0 Å². The van der Waals surface area contributed by atoms with Crippen molar-refractivity contribution in [3.63, 3.8) is 0 Å². The van der Waals surface area contributed by atoms with Gasteiger partial charge in [0.25, 0.3) is 0 Å². The van der Waals surface area contributed by atoms with Gasteiger partial charge < -0.3 is 5.11 Å². The van der Waals surface area contributed by atoms with Gasteiger partial charge in [0, 0.05) is 16.5 Å². The molecular weight excluding hydrogens is 327 g/mol. The maximum absolute atomic E-state index is 13.4. The predicted octanol–water partition coefficient (Wildman–Crippen LogP) is 4.62. The highest BCUT2D eigenvalue weighted by Gasteiger charge is 2.29. The van der Waals surface area contributed by atoms with Gasteiger partial charge in [-0.15, -0.1) is 0 Å². The minimum atomic E-state index is -4.38. The van der Waals surface area contributed by atoms with E-state index in [2.05, 4.69) is 15.9 Å². The quantitative estimate of drug-likeness (QED) is 0.631. The fourth-order valence-electron chi connectivity index (χ4n) is 1.25. The molecule has 1 atom stereocenters. The Bertz CT molecular complexity index is 408. The number of rotatable bonds is 3. The Balaban J connectivity index is 2.82. The van der Waals surface area contributed by atoms with Crippen molar-refractivity contribution in [3.05, 3.63) is 33.0 Å². The van der Waals surface area contributed by atoms with E-state index in [4.69, 9.17) is 11.6 Å². The van der Waals surface area contributed by atoms with Crippen LogP contribution < -0.4 is 0 Å². The van der Waals surface area contributed by atoms with Crippen LogP contribution in [0.25, 0.3) is 0 Å². The zero-order valence-electron chi connectivity index (χ0n) is 8.36. The first-order valence-electron chi connectivity index (χ1n) is 4.60. The van der Waals surface area contributed by atoms with E-state index in [0.717, 1.165) is 12.1 Å². The number of hydrogen-bond acceptors (Lipinski definition) is 1. The molecule has 1 aromatic carbocycles. The van der Waals surface area contributed by atoms with Crippen LogP contribution in [0.15, 0.2) is 16.6 Å². The Hall–Kier alpha value is -0.330. The molecular formula is C10H8BrClF4O. The topological polar surface area (TPSA) is 20.2 Å². The number of alkyl halides is 3. The van der Waals surface area contributed by atoms with E-state index in [0.29, 0.717) is 0 Å². The zero-order valence-corrected chi connectivity index (χ0v) is 10.7. The molecule has 1 nitrogen and oxygen atoms in total. The molecule has 0 aliphatic heterocycles. The second-order valence-electron chi connectivity index (χ2n) is 3.46. The zero-order chi connectivity index (χ0) is 13.2. The van der Waals surface area contributed by atoms with E-state index < -0.39 is 30.9 Å². The Morgan fingerprint density at radius 3 is 2.47 bits per heavy atom. The van der Waals surface area contributed by atoms with Crippen LogP contribution in [0.3, 0.4) is 0 Å². The number of aliphatic hydroxyl groups is 1. The number of benzene rings is 1. The fourth-order valence-corrected chi connectivity index (χ4v) is 1.74. The van der Waals surface area contributed by atoms with Crippen LogP contribution in [0.1, 0.15) is 24.5 Å². The molecule has 0 aliphatic carbocycles. The summed E-state index contributed by atoms with van der Waals surface area (Å²) in [7, 11) is 0. The van der Waals surface area contributed by atoms with E-state index >= 15 is 0 Å². The van der Waals surface area contributed by atoms with E-state index in [9.17, 15) is 22.7 Å². The summed E-state index contributed by atoms with van der Waals surface area (Å²) < 4.78 is 49.5. The average molecular weight is 336 g/mol.